The highest BCUT2D eigenvalue weighted by Gasteiger charge is 2.71. The Morgan fingerprint density at radius 3 is 2.76 bits per heavy atom. The molecule has 1 aliphatic heterocycles. The molecule has 3 rings (SSSR count). The van der Waals surface area contributed by atoms with Crippen molar-refractivity contribution in [1.82, 2.24) is 4.90 Å². The zero-order valence-corrected chi connectivity index (χ0v) is 13.4. The molecule has 0 aromatic rings. The minimum atomic E-state index is -0.792. The Kier molecular flexibility index (Phi) is 3.79. The fraction of sp³-hybridized carbons (Fsp3) is 0.938. The van der Waals surface area contributed by atoms with Gasteiger partial charge in [0.05, 0.1) is 12.7 Å². The van der Waals surface area contributed by atoms with E-state index in [1.165, 1.54) is 12.8 Å². The quantitative estimate of drug-likeness (QED) is 0.743. The van der Waals surface area contributed by atoms with E-state index in [-0.39, 0.29) is 23.3 Å². The van der Waals surface area contributed by atoms with Crippen LogP contribution in [0.15, 0.2) is 0 Å². The van der Waals surface area contributed by atoms with Crippen LogP contribution >= 0.6 is 0 Å². The van der Waals surface area contributed by atoms with Gasteiger partial charge < -0.3 is 20.1 Å². The Morgan fingerprint density at radius 1 is 1.38 bits per heavy atom. The molecule has 0 spiro atoms. The molecule has 120 valence electrons. The summed E-state index contributed by atoms with van der Waals surface area (Å²) in [6.07, 6.45) is 3.60. The van der Waals surface area contributed by atoms with Gasteiger partial charge in [0.15, 0.2) is 0 Å². The molecule has 2 aliphatic carbocycles. The lowest BCUT2D eigenvalue weighted by Gasteiger charge is -2.61. The number of fused-ring (bicyclic) bond motifs is 1. The number of carbonyl (C=O) groups is 1. The maximum Gasteiger partial charge on any atom is 0.243 e. The molecule has 1 heterocycles. The molecule has 21 heavy (non-hydrogen) atoms. The topological polar surface area (TPSA) is 64.8 Å². The summed E-state index contributed by atoms with van der Waals surface area (Å²) in [7, 11) is 1.83. The minimum Gasteiger partial charge on any atom is -0.379 e. The number of hydrogen-bond acceptors (Lipinski definition) is 4. The predicted octanol–water partition coefficient (Wildman–Crippen LogP) is 1.01. The van der Waals surface area contributed by atoms with Crippen LogP contribution in [-0.4, -0.2) is 55.9 Å². The van der Waals surface area contributed by atoms with Crippen molar-refractivity contribution in [3.63, 3.8) is 0 Å². The van der Waals surface area contributed by atoms with Crippen molar-refractivity contribution in [2.24, 2.45) is 23.0 Å². The summed E-state index contributed by atoms with van der Waals surface area (Å²) < 4.78 is 11.4. The summed E-state index contributed by atoms with van der Waals surface area (Å²) >= 11 is 0. The van der Waals surface area contributed by atoms with Gasteiger partial charge in [0, 0.05) is 38.1 Å². The van der Waals surface area contributed by atoms with Gasteiger partial charge in [-0.2, -0.15) is 0 Å². The Labute approximate surface area is 127 Å². The van der Waals surface area contributed by atoms with Gasteiger partial charge in [0.25, 0.3) is 0 Å². The Hall–Kier alpha value is -0.650. The van der Waals surface area contributed by atoms with Crippen molar-refractivity contribution in [2.45, 2.75) is 44.8 Å². The first kappa shape index (κ1) is 15.3. The summed E-state index contributed by atoms with van der Waals surface area (Å²) in [5.41, 5.74) is 5.47. The molecule has 3 fully saturated rings. The number of nitrogens with zero attached hydrogens (tertiary/aromatic N) is 1. The van der Waals surface area contributed by atoms with Crippen molar-refractivity contribution < 1.29 is 14.3 Å². The van der Waals surface area contributed by atoms with Crippen LogP contribution < -0.4 is 5.73 Å². The molecule has 3 aliphatic rings. The second-order valence-corrected chi connectivity index (χ2v) is 7.52. The maximum absolute atomic E-state index is 12.8. The molecule has 0 aromatic heterocycles. The van der Waals surface area contributed by atoms with Gasteiger partial charge in [-0.15, -0.1) is 0 Å². The molecular weight excluding hydrogens is 268 g/mol. The van der Waals surface area contributed by atoms with E-state index in [0.717, 1.165) is 25.6 Å². The Morgan fingerprint density at radius 2 is 2.10 bits per heavy atom. The molecule has 1 amide bonds. The van der Waals surface area contributed by atoms with Gasteiger partial charge in [-0.05, 0) is 25.2 Å². The average Bonchev–Trinajstić information content (AvgIpc) is 3.15. The monoisotopic (exact) mass is 296 g/mol. The zero-order valence-electron chi connectivity index (χ0n) is 13.4. The highest BCUT2D eigenvalue weighted by molar-refractivity contribution is 5.89. The molecule has 3 unspecified atom stereocenters. The second-order valence-electron chi connectivity index (χ2n) is 7.52. The van der Waals surface area contributed by atoms with E-state index in [4.69, 9.17) is 15.2 Å². The Balaban J connectivity index is 1.55. The minimum absolute atomic E-state index is 0.0364. The maximum atomic E-state index is 12.8. The molecule has 0 radical (unpaired) electrons. The third-order valence-electron chi connectivity index (χ3n) is 5.78. The van der Waals surface area contributed by atoms with Gasteiger partial charge in [-0.25, -0.2) is 0 Å². The highest BCUT2D eigenvalue weighted by atomic mass is 16.5. The molecule has 5 nitrogen and oxygen atoms in total. The molecular formula is C16H28N2O3. The number of rotatable bonds is 6. The third-order valence-corrected chi connectivity index (χ3v) is 5.78. The molecule has 5 heteroatoms. The van der Waals surface area contributed by atoms with Crippen molar-refractivity contribution in [3.05, 3.63) is 0 Å². The van der Waals surface area contributed by atoms with E-state index >= 15 is 0 Å². The summed E-state index contributed by atoms with van der Waals surface area (Å²) in [4.78, 5) is 14.6. The van der Waals surface area contributed by atoms with Gasteiger partial charge in [0.1, 0.15) is 5.54 Å². The van der Waals surface area contributed by atoms with E-state index in [9.17, 15) is 4.79 Å². The first-order valence-electron chi connectivity index (χ1n) is 8.13. The summed E-state index contributed by atoms with van der Waals surface area (Å²) in [6.45, 7) is 6.86. The first-order valence-corrected chi connectivity index (χ1v) is 8.13. The number of amides is 1. The number of ether oxygens (including phenoxy) is 2. The van der Waals surface area contributed by atoms with Crippen molar-refractivity contribution in [3.8, 4) is 0 Å². The summed E-state index contributed by atoms with van der Waals surface area (Å²) in [6, 6.07) is 0. The van der Waals surface area contributed by atoms with Crippen LogP contribution in [0.3, 0.4) is 0 Å². The zero-order chi connectivity index (χ0) is 15.3. The van der Waals surface area contributed by atoms with Crippen LogP contribution in [0.25, 0.3) is 0 Å². The lowest BCUT2D eigenvalue weighted by atomic mass is 9.47. The average molecular weight is 296 g/mol. The van der Waals surface area contributed by atoms with Crippen LogP contribution in [0.1, 0.15) is 33.1 Å². The van der Waals surface area contributed by atoms with Gasteiger partial charge in [0.2, 0.25) is 5.91 Å². The molecule has 0 bridgehead atoms. The van der Waals surface area contributed by atoms with Crippen molar-refractivity contribution in [1.29, 1.82) is 0 Å². The fourth-order valence-corrected chi connectivity index (χ4v) is 3.97. The van der Waals surface area contributed by atoms with Crippen LogP contribution in [0, 0.1) is 17.3 Å². The fourth-order valence-electron chi connectivity index (χ4n) is 3.97. The first-order chi connectivity index (χ1) is 9.89. The summed E-state index contributed by atoms with van der Waals surface area (Å²) in [5.74, 6) is 0.956. The van der Waals surface area contributed by atoms with Gasteiger partial charge in [-0.3, -0.25) is 4.79 Å². The normalized spacial score (nSPS) is 37.0. The second kappa shape index (κ2) is 5.21. The SMILES string of the molecule is CN(CCOCC1CC1)C(=O)C1(N)C2CCOC2C1(C)C. The predicted molar refractivity (Wildman–Crippen MR) is 79.7 cm³/mol. The van der Waals surface area contributed by atoms with Crippen LogP contribution in [-0.2, 0) is 14.3 Å². The van der Waals surface area contributed by atoms with Gasteiger partial charge in [-0.1, -0.05) is 13.8 Å². The Bertz CT molecular complexity index is 422. The van der Waals surface area contributed by atoms with Crippen LogP contribution in [0.5, 0.6) is 0 Å². The number of carbonyl (C=O) groups excluding carboxylic acids is 1. The number of likely N-dealkylation sites (N-methyl/N-ethyl adjacent to an activating group) is 1. The molecule has 2 N–H and O–H groups in total. The van der Waals surface area contributed by atoms with E-state index < -0.39 is 5.54 Å². The summed E-state index contributed by atoms with van der Waals surface area (Å²) in [5, 5.41) is 0. The lowest BCUT2D eigenvalue weighted by Crippen LogP contribution is -2.80. The van der Waals surface area contributed by atoms with E-state index in [2.05, 4.69) is 13.8 Å². The van der Waals surface area contributed by atoms with Crippen LogP contribution in [0.2, 0.25) is 0 Å². The highest BCUT2D eigenvalue weighted by Crippen LogP contribution is 2.58. The number of hydrogen-bond donors (Lipinski definition) is 1. The molecule has 1 saturated heterocycles. The number of nitrogens with two attached hydrogens (primary N) is 1. The standard InChI is InChI=1S/C16H28N2O3/c1-15(2)13-12(6-8-21-13)16(15,17)14(19)18(3)7-9-20-10-11-4-5-11/h11-13H,4-10,17H2,1-3H3. The third kappa shape index (κ3) is 2.30. The van der Waals surface area contributed by atoms with Crippen LogP contribution in [0.4, 0.5) is 0 Å². The largest absolute Gasteiger partial charge is 0.379 e. The molecule has 2 saturated carbocycles. The molecule has 0 aromatic carbocycles. The van der Waals surface area contributed by atoms with Gasteiger partial charge >= 0.3 is 0 Å². The smallest absolute Gasteiger partial charge is 0.243 e. The van der Waals surface area contributed by atoms with E-state index in [1.807, 2.05) is 7.05 Å². The van der Waals surface area contributed by atoms with Crippen molar-refractivity contribution >= 4 is 5.91 Å². The molecule has 3 atom stereocenters. The van der Waals surface area contributed by atoms with Crippen molar-refractivity contribution in [2.75, 3.05) is 33.4 Å². The van der Waals surface area contributed by atoms with E-state index in [1.54, 1.807) is 4.90 Å². The van der Waals surface area contributed by atoms with E-state index in [0.29, 0.717) is 13.2 Å². The lowest BCUT2D eigenvalue weighted by molar-refractivity contribution is -0.183.